The number of carbonyl (C=O) groups excluding carboxylic acids is 1. The molecule has 0 atom stereocenters. The summed E-state index contributed by atoms with van der Waals surface area (Å²) in [4.78, 5) is 39.1. The van der Waals surface area contributed by atoms with E-state index in [9.17, 15) is 19.5 Å². The number of carbonyl (C=O) groups is 1. The average molecular weight is 367 g/mol. The smallest absolute Gasteiger partial charge is 0.325 e. The van der Waals surface area contributed by atoms with E-state index in [2.05, 4.69) is 20.5 Å². The van der Waals surface area contributed by atoms with Crippen LogP contribution < -0.4 is 21.4 Å². The third kappa shape index (κ3) is 4.48. The quantitative estimate of drug-likeness (QED) is 0.449. The van der Waals surface area contributed by atoms with Gasteiger partial charge in [0, 0.05) is 11.3 Å². The predicted molar refractivity (Wildman–Crippen MR) is 91.5 cm³/mol. The number of phenols is 1. The summed E-state index contributed by atoms with van der Waals surface area (Å²) in [5, 5.41) is 13.5. The van der Waals surface area contributed by atoms with Crippen LogP contribution in [-0.4, -0.2) is 34.3 Å². The first-order valence-corrected chi connectivity index (χ1v) is 7.40. The van der Waals surface area contributed by atoms with E-state index >= 15 is 0 Å². The molecule has 0 aliphatic carbocycles. The number of nitrogens with one attached hydrogen (secondary N) is 3. The maximum Gasteiger partial charge on any atom is 0.325 e. The van der Waals surface area contributed by atoms with Gasteiger partial charge in [-0.1, -0.05) is 11.6 Å². The van der Waals surface area contributed by atoms with Gasteiger partial charge in [-0.3, -0.25) is 14.6 Å². The van der Waals surface area contributed by atoms with E-state index in [1.165, 1.54) is 32.4 Å². The Bertz CT molecular complexity index is 948. The summed E-state index contributed by atoms with van der Waals surface area (Å²) in [5.41, 5.74) is 1.93. The summed E-state index contributed by atoms with van der Waals surface area (Å²) >= 11 is 5.85. The fraction of sp³-hybridized carbons (Fsp3) is 0.200. The van der Waals surface area contributed by atoms with Gasteiger partial charge in [0.05, 0.1) is 24.8 Å². The van der Waals surface area contributed by atoms with Gasteiger partial charge in [-0.05, 0) is 24.6 Å². The molecule has 9 nitrogen and oxygen atoms in total. The molecule has 2 aromatic rings. The van der Waals surface area contributed by atoms with E-state index in [0.717, 1.165) is 0 Å². The molecule has 0 radical (unpaired) electrons. The number of aryl methyl sites for hydroxylation is 1. The van der Waals surface area contributed by atoms with Crippen molar-refractivity contribution in [2.24, 2.45) is 5.10 Å². The summed E-state index contributed by atoms with van der Waals surface area (Å²) in [7, 11) is 1.37. The van der Waals surface area contributed by atoms with Crippen molar-refractivity contribution in [2.75, 3.05) is 7.11 Å². The molecule has 2 rings (SSSR count). The van der Waals surface area contributed by atoms with Crippen molar-refractivity contribution in [2.45, 2.75) is 13.3 Å². The van der Waals surface area contributed by atoms with Crippen molar-refractivity contribution in [3.05, 3.63) is 54.8 Å². The van der Waals surface area contributed by atoms with Crippen LogP contribution in [0.1, 0.15) is 16.8 Å². The highest BCUT2D eigenvalue weighted by atomic mass is 35.5. The fourth-order valence-electron chi connectivity index (χ4n) is 2.04. The number of halogens is 1. The number of methoxy groups -OCH3 is 1. The summed E-state index contributed by atoms with van der Waals surface area (Å²) < 4.78 is 4.96. The third-order valence-corrected chi connectivity index (χ3v) is 3.55. The van der Waals surface area contributed by atoms with E-state index in [1.807, 2.05) is 0 Å². The van der Waals surface area contributed by atoms with E-state index in [1.54, 1.807) is 0 Å². The number of aromatic amines is 2. The molecule has 0 saturated heterocycles. The number of amides is 1. The van der Waals surface area contributed by atoms with E-state index < -0.39 is 17.2 Å². The largest absolute Gasteiger partial charge is 0.503 e. The molecule has 0 aliphatic heterocycles. The highest BCUT2D eigenvalue weighted by Gasteiger charge is 2.11. The van der Waals surface area contributed by atoms with Crippen LogP contribution in [0.4, 0.5) is 0 Å². The topological polar surface area (TPSA) is 137 Å². The first-order chi connectivity index (χ1) is 11.8. The Hall–Kier alpha value is -3.07. The van der Waals surface area contributed by atoms with Crippen LogP contribution in [0, 0.1) is 6.92 Å². The molecule has 132 valence electrons. The van der Waals surface area contributed by atoms with Crippen LogP contribution in [0.25, 0.3) is 0 Å². The molecular weight excluding hydrogens is 352 g/mol. The number of hydrogen-bond donors (Lipinski definition) is 4. The zero-order valence-electron chi connectivity index (χ0n) is 13.3. The monoisotopic (exact) mass is 366 g/mol. The maximum absolute atomic E-state index is 11.9. The SMILES string of the molecule is COc1cc(/C=N\NC(=O)Cc2c(C)[nH]c(=O)[nH]c2=O)cc(Cl)c1O. The van der Waals surface area contributed by atoms with Gasteiger partial charge in [-0.15, -0.1) is 0 Å². The summed E-state index contributed by atoms with van der Waals surface area (Å²) in [6.45, 7) is 1.52. The van der Waals surface area contributed by atoms with Crippen molar-refractivity contribution in [1.82, 2.24) is 15.4 Å². The number of rotatable bonds is 5. The molecule has 0 saturated carbocycles. The van der Waals surface area contributed by atoms with Crippen LogP contribution in [0.2, 0.25) is 5.02 Å². The second-order valence-corrected chi connectivity index (χ2v) is 5.44. The standard InChI is InChI=1S/C15H15ClN4O5/c1-7-9(14(23)19-15(24)18-7)5-12(21)20-17-6-8-3-10(16)13(22)11(4-8)25-2/h3-4,6,22H,5H2,1-2H3,(H,20,21)(H2,18,19,23,24)/b17-6-. The summed E-state index contributed by atoms with van der Waals surface area (Å²) in [5.74, 6) is -0.581. The Morgan fingerprint density at radius 1 is 1.40 bits per heavy atom. The second kappa shape index (κ2) is 7.67. The molecule has 0 spiro atoms. The van der Waals surface area contributed by atoms with Gasteiger partial charge in [-0.25, -0.2) is 10.2 Å². The lowest BCUT2D eigenvalue weighted by molar-refractivity contribution is -0.120. The number of benzene rings is 1. The van der Waals surface area contributed by atoms with Crippen LogP contribution >= 0.6 is 11.6 Å². The minimum Gasteiger partial charge on any atom is -0.503 e. The van der Waals surface area contributed by atoms with E-state index in [0.29, 0.717) is 11.3 Å². The number of aromatic nitrogens is 2. The molecule has 0 aliphatic rings. The Morgan fingerprint density at radius 3 is 2.76 bits per heavy atom. The van der Waals surface area contributed by atoms with Crippen molar-refractivity contribution in [3.8, 4) is 11.5 Å². The Labute approximate surface area is 146 Å². The average Bonchev–Trinajstić information content (AvgIpc) is 2.54. The van der Waals surface area contributed by atoms with Crippen LogP contribution in [0.3, 0.4) is 0 Å². The minimum absolute atomic E-state index is 0.0718. The number of hydrogen-bond acceptors (Lipinski definition) is 6. The highest BCUT2D eigenvalue weighted by molar-refractivity contribution is 6.32. The molecule has 1 heterocycles. The van der Waals surface area contributed by atoms with Crippen LogP contribution in [0.5, 0.6) is 11.5 Å². The minimum atomic E-state index is -0.636. The lowest BCUT2D eigenvalue weighted by atomic mass is 10.1. The number of ether oxygens (including phenoxy) is 1. The molecule has 1 amide bonds. The van der Waals surface area contributed by atoms with Gasteiger partial charge in [0.15, 0.2) is 11.5 Å². The fourth-order valence-corrected chi connectivity index (χ4v) is 2.26. The van der Waals surface area contributed by atoms with Gasteiger partial charge >= 0.3 is 5.69 Å². The molecule has 4 N–H and O–H groups in total. The predicted octanol–water partition coefficient (Wildman–Crippen LogP) is 0.432. The Morgan fingerprint density at radius 2 is 2.12 bits per heavy atom. The van der Waals surface area contributed by atoms with Crippen LogP contribution in [-0.2, 0) is 11.2 Å². The third-order valence-electron chi connectivity index (χ3n) is 3.27. The lowest BCUT2D eigenvalue weighted by Crippen LogP contribution is -2.30. The molecule has 25 heavy (non-hydrogen) atoms. The first kappa shape index (κ1) is 18.3. The van der Waals surface area contributed by atoms with Gasteiger partial charge in [0.25, 0.3) is 5.56 Å². The normalized spacial score (nSPS) is 10.8. The molecule has 1 aromatic carbocycles. The molecule has 0 unspecified atom stereocenters. The zero-order chi connectivity index (χ0) is 18.6. The number of phenolic OH excluding ortho intramolecular Hbond substituents is 1. The molecule has 0 bridgehead atoms. The van der Waals surface area contributed by atoms with Crippen molar-refractivity contribution in [1.29, 1.82) is 0 Å². The first-order valence-electron chi connectivity index (χ1n) is 7.02. The second-order valence-electron chi connectivity index (χ2n) is 5.04. The maximum atomic E-state index is 11.9. The van der Waals surface area contributed by atoms with Gasteiger partial charge < -0.3 is 14.8 Å². The zero-order valence-corrected chi connectivity index (χ0v) is 14.1. The summed E-state index contributed by atoms with van der Waals surface area (Å²) in [6.07, 6.45) is 1.05. The van der Waals surface area contributed by atoms with Crippen LogP contribution in [0.15, 0.2) is 26.8 Å². The Balaban J connectivity index is 2.08. The number of nitrogens with zero attached hydrogens (tertiary/aromatic N) is 1. The molecule has 1 aromatic heterocycles. The molecule has 10 heteroatoms. The van der Waals surface area contributed by atoms with Crippen molar-refractivity contribution in [3.63, 3.8) is 0 Å². The van der Waals surface area contributed by atoms with Crippen molar-refractivity contribution < 1.29 is 14.6 Å². The van der Waals surface area contributed by atoms with E-state index in [-0.39, 0.29) is 28.5 Å². The molecular formula is C15H15ClN4O5. The van der Waals surface area contributed by atoms with Crippen molar-refractivity contribution >= 4 is 23.7 Å². The lowest BCUT2D eigenvalue weighted by Gasteiger charge is -2.06. The van der Waals surface area contributed by atoms with Gasteiger partial charge in [0.2, 0.25) is 5.91 Å². The van der Waals surface area contributed by atoms with Gasteiger partial charge in [0.1, 0.15) is 0 Å². The Kier molecular flexibility index (Phi) is 5.60. The summed E-state index contributed by atoms with van der Waals surface area (Å²) in [6, 6.07) is 2.92. The number of H-pyrrole nitrogens is 2. The van der Waals surface area contributed by atoms with E-state index in [4.69, 9.17) is 16.3 Å². The number of hydrazone groups is 1. The molecule has 0 fully saturated rings. The number of aromatic hydroxyl groups is 1. The van der Waals surface area contributed by atoms with Gasteiger partial charge in [-0.2, -0.15) is 5.10 Å². The highest BCUT2D eigenvalue weighted by Crippen LogP contribution is 2.34.